The molecule has 2 fully saturated rings. The molecular formula is C29H35FN4O4. The molecule has 0 aliphatic carbocycles. The molecule has 38 heavy (non-hydrogen) atoms. The number of halogens is 1. The van der Waals surface area contributed by atoms with E-state index in [1.54, 1.807) is 25.1 Å². The number of anilines is 1. The van der Waals surface area contributed by atoms with Crippen LogP contribution in [0.25, 0.3) is 0 Å². The van der Waals surface area contributed by atoms with E-state index in [1.807, 2.05) is 45.0 Å². The number of nitrogens with zero attached hydrogens (tertiary/aromatic N) is 3. The summed E-state index contributed by atoms with van der Waals surface area (Å²) in [4.78, 5) is 57.9. The van der Waals surface area contributed by atoms with Crippen LogP contribution in [0.1, 0.15) is 53.0 Å². The Balaban J connectivity index is 1.50. The van der Waals surface area contributed by atoms with Crippen LogP contribution in [-0.4, -0.2) is 78.6 Å². The normalized spacial score (nSPS) is 19.5. The highest BCUT2D eigenvalue weighted by molar-refractivity contribution is 6.03. The first-order valence-electron chi connectivity index (χ1n) is 13.0. The zero-order valence-electron chi connectivity index (χ0n) is 22.5. The second-order valence-electron chi connectivity index (χ2n) is 10.8. The Morgan fingerprint density at radius 3 is 2.32 bits per heavy atom. The fourth-order valence-electron chi connectivity index (χ4n) is 5.28. The van der Waals surface area contributed by atoms with Crippen molar-refractivity contribution in [2.24, 2.45) is 5.92 Å². The van der Waals surface area contributed by atoms with Gasteiger partial charge in [-0.2, -0.15) is 0 Å². The molecule has 0 spiro atoms. The SMILES string of the molecule is Cc1ccc(C(=O)N2CC(=O)[C@@H]3C2CCN3C(=O)[C@H](CC(C)C)NC(=O)c2ccc(N(C)C)cc2)cc1F. The first-order valence-corrected chi connectivity index (χ1v) is 13.0. The monoisotopic (exact) mass is 522 g/mol. The highest BCUT2D eigenvalue weighted by Crippen LogP contribution is 2.32. The molecule has 4 rings (SSSR count). The van der Waals surface area contributed by atoms with Crippen LogP contribution in [0.15, 0.2) is 42.5 Å². The quantitative estimate of drug-likeness (QED) is 0.604. The molecule has 2 aromatic rings. The summed E-state index contributed by atoms with van der Waals surface area (Å²) < 4.78 is 14.1. The molecule has 0 aromatic heterocycles. The third-order valence-corrected chi connectivity index (χ3v) is 7.34. The van der Waals surface area contributed by atoms with Crippen LogP contribution in [0.3, 0.4) is 0 Å². The number of carbonyl (C=O) groups is 4. The molecule has 2 saturated heterocycles. The van der Waals surface area contributed by atoms with Crippen molar-refractivity contribution in [3.8, 4) is 0 Å². The first-order chi connectivity index (χ1) is 18.0. The maximum atomic E-state index is 14.1. The summed E-state index contributed by atoms with van der Waals surface area (Å²) in [5.41, 5.74) is 2.00. The Morgan fingerprint density at radius 2 is 1.71 bits per heavy atom. The Hall–Kier alpha value is -3.75. The van der Waals surface area contributed by atoms with E-state index in [9.17, 15) is 23.6 Å². The second kappa shape index (κ2) is 10.9. The van der Waals surface area contributed by atoms with Crippen molar-refractivity contribution in [1.29, 1.82) is 0 Å². The van der Waals surface area contributed by atoms with Gasteiger partial charge >= 0.3 is 0 Å². The fraction of sp³-hybridized carbons (Fsp3) is 0.448. The molecule has 3 amide bonds. The number of likely N-dealkylation sites (tertiary alicyclic amines) is 2. The molecule has 1 N–H and O–H groups in total. The molecule has 202 valence electrons. The Bertz CT molecular complexity index is 1240. The van der Waals surface area contributed by atoms with Crippen molar-refractivity contribution in [2.45, 2.75) is 51.7 Å². The van der Waals surface area contributed by atoms with Gasteiger partial charge in [0, 0.05) is 37.5 Å². The molecule has 0 radical (unpaired) electrons. The van der Waals surface area contributed by atoms with Crippen LogP contribution in [0, 0.1) is 18.7 Å². The summed E-state index contributed by atoms with van der Waals surface area (Å²) in [6.07, 6.45) is 0.851. The van der Waals surface area contributed by atoms with Crippen LogP contribution in [-0.2, 0) is 9.59 Å². The molecule has 2 heterocycles. The van der Waals surface area contributed by atoms with E-state index in [0.717, 1.165) is 5.69 Å². The standard InChI is InChI=1S/C29H35FN4O4/c1-17(2)14-23(31-27(36)19-8-10-21(11-9-19)32(4)5)29(38)33-13-12-24-26(33)25(35)16-34(24)28(37)20-7-6-18(3)22(30)15-20/h6-11,15,17,23-24,26H,12-14,16H2,1-5H3,(H,31,36)/t23-,24?,26-/m0/s1. The maximum Gasteiger partial charge on any atom is 0.254 e. The summed E-state index contributed by atoms with van der Waals surface area (Å²) in [6, 6.07) is 9.32. The van der Waals surface area contributed by atoms with Gasteiger partial charge in [0.1, 0.15) is 17.9 Å². The number of fused-ring (bicyclic) bond motifs is 1. The van der Waals surface area contributed by atoms with E-state index >= 15 is 0 Å². The van der Waals surface area contributed by atoms with Gasteiger partial charge in [0.15, 0.2) is 5.78 Å². The smallest absolute Gasteiger partial charge is 0.254 e. The lowest BCUT2D eigenvalue weighted by Gasteiger charge is -2.29. The predicted octanol–water partition coefficient (Wildman–Crippen LogP) is 3.04. The van der Waals surface area contributed by atoms with Crippen LogP contribution in [0.4, 0.5) is 10.1 Å². The van der Waals surface area contributed by atoms with Gasteiger partial charge in [0.2, 0.25) is 5.91 Å². The molecule has 2 aliphatic rings. The maximum absolute atomic E-state index is 14.1. The molecular weight excluding hydrogens is 487 g/mol. The number of aryl methyl sites for hydroxylation is 1. The van der Waals surface area contributed by atoms with Crippen LogP contribution in [0.5, 0.6) is 0 Å². The topological polar surface area (TPSA) is 90.0 Å². The predicted molar refractivity (Wildman–Crippen MR) is 143 cm³/mol. The molecule has 2 aromatic carbocycles. The largest absolute Gasteiger partial charge is 0.378 e. The summed E-state index contributed by atoms with van der Waals surface area (Å²) in [5, 5.41) is 2.88. The number of nitrogens with one attached hydrogen (secondary N) is 1. The van der Waals surface area contributed by atoms with Gasteiger partial charge in [-0.15, -0.1) is 0 Å². The van der Waals surface area contributed by atoms with Gasteiger partial charge < -0.3 is 20.0 Å². The van der Waals surface area contributed by atoms with E-state index in [4.69, 9.17) is 0 Å². The zero-order valence-corrected chi connectivity index (χ0v) is 22.5. The van der Waals surface area contributed by atoms with Crippen molar-refractivity contribution in [3.63, 3.8) is 0 Å². The van der Waals surface area contributed by atoms with Crippen LogP contribution < -0.4 is 10.2 Å². The lowest BCUT2D eigenvalue weighted by molar-refractivity contribution is -0.138. The molecule has 8 nitrogen and oxygen atoms in total. The molecule has 0 saturated carbocycles. The van der Waals surface area contributed by atoms with Gasteiger partial charge in [0.25, 0.3) is 11.8 Å². The molecule has 2 aliphatic heterocycles. The number of hydrogen-bond donors (Lipinski definition) is 1. The number of Topliss-reactive ketones (excluding diaryl/α,β-unsaturated/α-hetero) is 1. The Morgan fingerprint density at radius 1 is 1.05 bits per heavy atom. The van der Waals surface area contributed by atoms with Crippen molar-refractivity contribution in [3.05, 3.63) is 65.0 Å². The van der Waals surface area contributed by atoms with Gasteiger partial charge in [0.05, 0.1) is 12.6 Å². The number of rotatable bonds is 7. The molecule has 3 atom stereocenters. The molecule has 1 unspecified atom stereocenters. The van der Waals surface area contributed by atoms with E-state index in [-0.39, 0.29) is 35.6 Å². The Labute approximate surface area is 222 Å². The lowest BCUT2D eigenvalue weighted by atomic mass is 10.0. The summed E-state index contributed by atoms with van der Waals surface area (Å²) in [6.45, 7) is 5.71. The third kappa shape index (κ3) is 5.42. The summed E-state index contributed by atoms with van der Waals surface area (Å²) in [5.74, 6) is -1.70. The minimum Gasteiger partial charge on any atom is -0.378 e. The summed E-state index contributed by atoms with van der Waals surface area (Å²) in [7, 11) is 3.82. The minimum atomic E-state index is -0.807. The summed E-state index contributed by atoms with van der Waals surface area (Å²) >= 11 is 0. The fourth-order valence-corrected chi connectivity index (χ4v) is 5.28. The Kier molecular flexibility index (Phi) is 7.85. The number of amides is 3. The van der Waals surface area contributed by atoms with Gasteiger partial charge in [-0.05, 0) is 67.6 Å². The molecule has 9 heteroatoms. The average molecular weight is 523 g/mol. The van der Waals surface area contributed by atoms with E-state index in [0.29, 0.717) is 30.5 Å². The number of hydrogen-bond acceptors (Lipinski definition) is 5. The van der Waals surface area contributed by atoms with Crippen molar-refractivity contribution in [1.82, 2.24) is 15.1 Å². The van der Waals surface area contributed by atoms with Gasteiger partial charge in [-0.3, -0.25) is 19.2 Å². The lowest BCUT2D eigenvalue weighted by Crippen LogP contribution is -2.53. The number of ketones is 1. The van der Waals surface area contributed by atoms with Gasteiger partial charge in [-0.25, -0.2) is 4.39 Å². The van der Waals surface area contributed by atoms with Crippen LogP contribution in [0.2, 0.25) is 0 Å². The molecule has 0 bridgehead atoms. The van der Waals surface area contributed by atoms with E-state index in [2.05, 4.69) is 5.32 Å². The van der Waals surface area contributed by atoms with E-state index < -0.39 is 29.8 Å². The van der Waals surface area contributed by atoms with E-state index in [1.165, 1.54) is 21.9 Å². The minimum absolute atomic E-state index is 0.118. The third-order valence-electron chi connectivity index (χ3n) is 7.34. The van der Waals surface area contributed by atoms with Crippen LogP contribution >= 0.6 is 0 Å². The van der Waals surface area contributed by atoms with Crippen molar-refractivity contribution in [2.75, 3.05) is 32.1 Å². The van der Waals surface area contributed by atoms with Gasteiger partial charge in [-0.1, -0.05) is 19.9 Å². The second-order valence-corrected chi connectivity index (χ2v) is 10.8. The first kappa shape index (κ1) is 27.3. The highest BCUT2D eigenvalue weighted by Gasteiger charge is 2.52. The van der Waals surface area contributed by atoms with Crippen molar-refractivity contribution < 1.29 is 23.6 Å². The number of carbonyl (C=O) groups excluding carboxylic acids is 4. The number of benzene rings is 2. The average Bonchev–Trinajstić information content (AvgIpc) is 3.45. The highest BCUT2D eigenvalue weighted by atomic mass is 19.1. The zero-order chi connectivity index (χ0) is 27.7. The van der Waals surface area contributed by atoms with Crippen molar-refractivity contribution >= 4 is 29.2 Å².